The Morgan fingerprint density at radius 3 is 2.48 bits per heavy atom. The van der Waals surface area contributed by atoms with Gasteiger partial charge in [-0.3, -0.25) is 9.59 Å². The highest BCUT2D eigenvalue weighted by molar-refractivity contribution is 5.72. The van der Waals surface area contributed by atoms with Gasteiger partial charge in [-0.25, -0.2) is 0 Å². The summed E-state index contributed by atoms with van der Waals surface area (Å²) >= 11 is 0. The molecule has 0 aromatic carbocycles. The fourth-order valence-corrected chi connectivity index (χ4v) is 3.73. The summed E-state index contributed by atoms with van der Waals surface area (Å²) in [7, 11) is 0. The van der Waals surface area contributed by atoms with Crippen LogP contribution in [-0.2, 0) is 16.8 Å². The van der Waals surface area contributed by atoms with Gasteiger partial charge in [0.05, 0.1) is 5.54 Å². The quantitative estimate of drug-likeness (QED) is 0.873. The second kappa shape index (κ2) is 5.54. The normalized spacial score (nSPS) is 16.3. The molecule has 5 heteroatoms. The number of pyridine rings is 1. The zero-order valence-electron chi connectivity index (χ0n) is 13.1. The topological polar surface area (TPSA) is 71.3 Å². The van der Waals surface area contributed by atoms with Gasteiger partial charge in [0.25, 0.3) is 5.56 Å². The largest absolute Gasteiger partial charge is 0.480 e. The number of nitrogens with one attached hydrogen (secondary N) is 1. The number of aromatic nitrogens is 1. The van der Waals surface area contributed by atoms with Crippen LogP contribution in [0.5, 0.6) is 0 Å². The van der Waals surface area contributed by atoms with E-state index >= 15 is 0 Å². The predicted molar refractivity (Wildman–Crippen MR) is 82.8 cm³/mol. The molecule has 0 fully saturated rings. The smallest absolute Gasteiger partial charge is 0.322 e. The Hall–Kier alpha value is -1.78. The second-order valence-corrected chi connectivity index (χ2v) is 6.43. The van der Waals surface area contributed by atoms with Gasteiger partial charge < -0.3 is 15.0 Å². The zero-order chi connectivity index (χ0) is 15.8. The molecule has 0 saturated carbocycles. The van der Waals surface area contributed by atoms with Gasteiger partial charge in [-0.1, -0.05) is 27.7 Å². The van der Waals surface area contributed by atoms with Crippen molar-refractivity contribution in [1.82, 2.24) is 4.57 Å². The molecule has 0 bridgehead atoms. The van der Waals surface area contributed by atoms with Crippen molar-refractivity contribution in [1.29, 1.82) is 0 Å². The third-order valence-corrected chi connectivity index (χ3v) is 4.79. The van der Waals surface area contributed by atoms with Gasteiger partial charge in [-0.2, -0.15) is 0 Å². The summed E-state index contributed by atoms with van der Waals surface area (Å²) in [6.45, 7) is 8.36. The van der Waals surface area contributed by atoms with E-state index in [1.165, 1.54) is 0 Å². The van der Waals surface area contributed by atoms with Gasteiger partial charge in [0.2, 0.25) is 0 Å². The van der Waals surface area contributed by atoms with Crippen LogP contribution in [0.2, 0.25) is 0 Å². The molecular weight excluding hydrogens is 268 g/mol. The molecule has 1 aromatic rings. The minimum Gasteiger partial charge on any atom is -0.480 e. The molecule has 5 nitrogen and oxygen atoms in total. The highest BCUT2D eigenvalue weighted by atomic mass is 16.4. The lowest BCUT2D eigenvalue weighted by molar-refractivity contribution is -0.134. The van der Waals surface area contributed by atoms with E-state index < -0.39 is 5.97 Å². The van der Waals surface area contributed by atoms with E-state index in [0.29, 0.717) is 17.5 Å². The van der Waals surface area contributed by atoms with Gasteiger partial charge in [-0.15, -0.1) is 0 Å². The summed E-state index contributed by atoms with van der Waals surface area (Å²) < 4.78 is 1.91. The average molecular weight is 292 g/mol. The number of carboxylic acids is 1. The first-order chi connectivity index (χ1) is 9.80. The van der Waals surface area contributed by atoms with Crippen molar-refractivity contribution < 1.29 is 9.90 Å². The maximum atomic E-state index is 12.8. The SMILES string of the molecule is CC(C)C1(C(C)C)CCc2ccc(NCC(=O)O)c(=O)n21. The van der Waals surface area contributed by atoms with Gasteiger partial charge >= 0.3 is 5.97 Å². The monoisotopic (exact) mass is 292 g/mol. The molecule has 2 rings (SSSR count). The molecule has 0 radical (unpaired) electrons. The lowest BCUT2D eigenvalue weighted by Gasteiger charge is -2.40. The van der Waals surface area contributed by atoms with Crippen molar-refractivity contribution in [3.05, 3.63) is 28.2 Å². The van der Waals surface area contributed by atoms with Gasteiger partial charge in [0.1, 0.15) is 12.2 Å². The summed E-state index contributed by atoms with van der Waals surface area (Å²) in [5.41, 5.74) is 1.12. The Labute approximate surface area is 125 Å². The lowest BCUT2D eigenvalue weighted by atomic mass is 9.75. The van der Waals surface area contributed by atoms with Crippen molar-refractivity contribution in [3.8, 4) is 0 Å². The summed E-state index contributed by atoms with van der Waals surface area (Å²) in [6.07, 6.45) is 1.85. The van der Waals surface area contributed by atoms with Crippen molar-refractivity contribution in [3.63, 3.8) is 0 Å². The van der Waals surface area contributed by atoms with Crippen LogP contribution in [-0.4, -0.2) is 22.2 Å². The number of carbonyl (C=O) groups is 1. The molecule has 1 aliphatic heterocycles. The number of aliphatic carboxylic acids is 1. The highest BCUT2D eigenvalue weighted by Crippen LogP contribution is 2.43. The van der Waals surface area contributed by atoms with Crippen molar-refractivity contribution in [2.75, 3.05) is 11.9 Å². The number of anilines is 1. The molecule has 0 aliphatic carbocycles. The second-order valence-electron chi connectivity index (χ2n) is 6.43. The molecule has 0 spiro atoms. The highest BCUT2D eigenvalue weighted by Gasteiger charge is 2.44. The Balaban J connectivity index is 2.54. The molecule has 21 heavy (non-hydrogen) atoms. The van der Waals surface area contributed by atoms with E-state index in [4.69, 9.17) is 5.11 Å². The van der Waals surface area contributed by atoms with E-state index in [2.05, 4.69) is 33.0 Å². The summed E-state index contributed by atoms with van der Waals surface area (Å²) in [6, 6.07) is 3.64. The van der Waals surface area contributed by atoms with E-state index in [-0.39, 0.29) is 17.6 Å². The van der Waals surface area contributed by atoms with Gasteiger partial charge in [0.15, 0.2) is 0 Å². The fraction of sp³-hybridized carbons (Fsp3) is 0.625. The summed E-state index contributed by atoms with van der Waals surface area (Å²) in [5.74, 6) is -0.295. The fourth-order valence-electron chi connectivity index (χ4n) is 3.73. The number of hydrogen-bond acceptors (Lipinski definition) is 3. The minimum absolute atomic E-state index is 0.103. The number of fused-ring (bicyclic) bond motifs is 1. The molecule has 0 atom stereocenters. The Morgan fingerprint density at radius 2 is 1.95 bits per heavy atom. The maximum absolute atomic E-state index is 12.8. The standard InChI is InChI=1S/C16H24N2O3/c1-10(2)16(11(3)4)8-7-12-5-6-13(15(21)18(12)16)17-9-14(19)20/h5-6,10-11,17H,7-9H2,1-4H3,(H,19,20). The third kappa shape index (κ3) is 2.45. The minimum atomic E-state index is -0.973. The molecular formula is C16H24N2O3. The number of hydrogen-bond donors (Lipinski definition) is 2. The van der Waals surface area contributed by atoms with Crippen molar-refractivity contribution >= 4 is 11.7 Å². The molecule has 0 saturated heterocycles. The van der Waals surface area contributed by atoms with E-state index in [1.807, 2.05) is 10.6 Å². The molecule has 116 valence electrons. The van der Waals surface area contributed by atoms with Crippen LogP contribution in [0.4, 0.5) is 5.69 Å². The first-order valence-corrected chi connectivity index (χ1v) is 7.51. The Bertz CT molecular complexity index is 594. The number of rotatable bonds is 5. The van der Waals surface area contributed by atoms with Crippen LogP contribution in [0.3, 0.4) is 0 Å². The molecule has 2 N–H and O–H groups in total. The first kappa shape index (κ1) is 15.6. The van der Waals surface area contributed by atoms with Crippen LogP contribution >= 0.6 is 0 Å². The average Bonchev–Trinajstić information content (AvgIpc) is 2.79. The van der Waals surface area contributed by atoms with Crippen LogP contribution in [0, 0.1) is 11.8 Å². The number of nitrogens with zero attached hydrogens (tertiary/aromatic N) is 1. The van der Waals surface area contributed by atoms with E-state index in [9.17, 15) is 9.59 Å². The predicted octanol–water partition coefficient (Wildman–Crippen LogP) is 2.30. The Kier molecular flexibility index (Phi) is 4.12. The van der Waals surface area contributed by atoms with Gasteiger partial charge in [-0.05, 0) is 36.8 Å². The van der Waals surface area contributed by atoms with Crippen molar-refractivity contribution in [2.45, 2.75) is 46.1 Å². The molecule has 0 unspecified atom stereocenters. The summed E-state index contributed by atoms with van der Waals surface area (Å²) in [4.78, 5) is 23.5. The number of carboxylic acid groups (broad SMARTS) is 1. The van der Waals surface area contributed by atoms with Gasteiger partial charge in [0, 0.05) is 5.69 Å². The molecule has 0 amide bonds. The van der Waals surface area contributed by atoms with Crippen LogP contribution in [0.15, 0.2) is 16.9 Å². The van der Waals surface area contributed by atoms with Crippen LogP contribution in [0.25, 0.3) is 0 Å². The van der Waals surface area contributed by atoms with Crippen LogP contribution in [0.1, 0.15) is 39.8 Å². The molecule has 1 aliphatic rings. The lowest BCUT2D eigenvalue weighted by Crippen LogP contribution is -2.47. The van der Waals surface area contributed by atoms with Crippen LogP contribution < -0.4 is 10.9 Å². The first-order valence-electron chi connectivity index (χ1n) is 7.51. The number of aryl methyl sites for hydroxylation is 1. The summed E-state index contributed by atoms with van der Waals surface area (Å²) in [5, 5.41) is 11.5. The third-order valence-electron chi connectivity index (χ3n) is 4.79. The van der Waals surface area contributed by atoms with E-state index in [0.717, 1.165) is 18.5 Å². The maximum Gasteiger partial charge on any atom is 0.322 e. The molecule has 2 heterocycles. The van der Waals surface area contributed by atoms with Crippen molar-refractivity contribution in [2.24, 2.45) is 11.8 Å². The van der Waals surface area contributed by atoms with E-state index in [1.54, 1.807) is 6.07 Å². The zero-order valence-corrected chi connectivity index (χ0v) is 13.1. The molecule has 1 aromatic heterocycles. The Morgan fingerprint density at radius 1 is 1.33 bits per heavy atom.